The Hall–Kier alpha value is -3.36. The Labute approximate surface area is 185 Å². The molecule has 0 radical (unpaired) electrons. The summed E-state index contributed by atoms with van der Waals surface area (Å²) in [6.07, 6.45) is 6.50. The van der Waals surface area contributed by atoms with E-state index in [4.69, 9.17) is 0 Å². The number of anilines is 1. The summed E-state index contributed by atoms with van der Waals surface area (Å²) in [6, 6.07) is 5.57. The van der Waals surface area contributed by atoms with E-state index in [1.807, 2.05) is 4.90 Å². The predicted molar refractivity (Wildman–Crippen MR) is 115 cm³/mol. The summed E-state index contributed by atoms with van der Waals surface area (Å²) >= 11 is 0. The predicted octanol–water partition coefficient (Wildman–Crippen LogP) is 2.27. The van der Waals surface area contributed by atoms with Gasteiger partial charge in [0, 0.05) is 37.9 Å². The smallest absolute Gasteiger partial charge is 0.259 e. The summed E-state index contributed by atoms with van der Waals surface area (Å²) in [5.41, 5.74) is 1.55. The zero-order valence-corrected chi connectivity index (χ0v) is 17.8. The number of aromatic nitrogens is 2. The minimum absolute atomic E-state index is 0.0000933. The Morgan fingerprint density at radius 1 is 1.12 bits per heavy atom. The number of carbonyl (C=O) groups excluding carboxylic acids is 3. The molecule has 9 heteroatoms. The fourth-order valence-electron chi connectivity index (χ4n) is 4.23. The maximum absolute atomic E-state index is 13.1. The van der Waals surface area contributed by atoms with Crippen molar-refractivity contribution >= 4 is 23.4 Å². The molecule has 0 aliphatic carbocycles. The Morgan fingerprint density at radius 2 is 1.88 bits per heavy atom. The van der Waals surface area contributed by atoms with Crippen molar-refractivity contribution in [3.8, 4) is 0 Å². The lowest BCUT2D eigenvalue weighted by Gasteiger charge is -2.33. The molecule has 0 atom stereocenters. The first-order valence-electron chi connectivity index (χ1n) is 10.9. The summed E-state index contributed by atoms with van der Waals surface area (Å²) in [5, 5.41) is 2.75. The van der Waals surface area contributed by atoms with Crippen molar-refractivity contribution in [2.75, 3.05) is 31.5 Å². The number of amides is 3. The molecule has 3 amide bonds. The van der Waals surface area contributed by atoms with Crippen molar-refractivity contribution in [2.45, 2.75) is 32.1 Å². The molecule has 168 valence electrons. The summed E-state index contributed by atoms with van der Waals surface area (Å²) < 4.78 is 13.1. The van der Waals surface area contributed by atoms with Crippen LogP contribution in [0.3, 0.4) is 0 Å². The number of halogens is 1. The van der Waals surface area contributed by atoms with E-state index in [2.05, 4.69) is 15.3 Å². The van der Waals surface area contributed by atoms with E-state index in [0.717, 1.165) is 19.3 Å². The van der Waals surface area contributed by atoms with Crippen LogP contribution in [0.2, 0.25) is 0 Å². The van der Waals surface area contributed by atoms with Gasteiger partial charge < -0.3 is 15.1 Å². The van der Waals surface area contributed by atoms with Crippen molar-refractivity contribution in [1.82, 2.24) is 19.8 Å². The van der Waals surface area contributed by atoms with Gasteiger partial charge in [0.25, 0.3) is 5.91 Å². The quantitative estimate of drug-likeness (QED) is 0.745. The molecule has 4 rings (SSSR count). The lowest BCUT2D eigenvalue weighted by molar-refractivity contribution is -0.139. The average Bonchev–Trinajstić information content (AvgIpc) is 3.20. The fraction of sp³-hybridized carbons (Fsp3) is 0.435. The van der Waals surface area contributed by atoms with Crippen LogP contribution in [0.15, 0.2) is 36.8 Å². The molecular weight excluding hydrogens is 413 g/mol. The molecule has 1 N–H and O–H groups in total. The van der Waals surface area contributed by atoms with Crippen molar-refractivity contribution < 1.29 is 18.8 Å². The maximum atomic E-state index is 13.1. The topological polar surface area (TPSA) is 95.5 Å². The first kappa shape index (κ1) is 21.9. The highest BCUT2D eigenvalue weighted by Gasteiger charge is 2.28. The number of benzene rings is 1. The third-order valence-corrected chi connectivity index (χ3v) is 6.09. The zero-order chi connectivity index (χ0) is 22.5. The highest BCUT2D eigenvalue weighted by Crippen LogP contribution is 2.23. The highest BCUT2D eigenvalue weighted by atomic mass is 19.1. The van der Waals surface area contributed by atoms with E-state index in [0.29, 0.717) is 55.3 Å². The maximum Gasteiger partial charge on any atom is 0.259 e. The molecule has 3 heterocycles. The minimum Gasteiger partial charge on any atom is -0.341 e. The van der Waals surface area contributed by atoms with E-state index >= 15 is 0 Å². The second-order valence-corrected chi connectivity index (χ2v) is 8.29. The normalized spacial score (nSPS) is 17.0. The lowest BCUT2D eigenvalue weighted by atomic mass is 9.90. The van der Waals surface area contributed by atoms with Gasteiger partial charge in [-0.05, 0) is 55.9 Å². The van der Waals surface area contributed by atoms with Crippen molar-refractivity contribution in [3.05, 3.63) is 53.9 Å². The Balaban J connectivity index is 1.32. The van der Waals surface area contributed by atoms with Gasteiger partial charge in [-0.2, -0.15) is 0 Å². The summed E-state index contributed by atoms with van der Waals surface area (Å²) in [6.45, 7) is 2.10. The molecule has 0 spiro atoms. The number of hydrogen-bond acceptors (Lipinski definition) is 5. The fourth-order valence-corrected chi connectivity index (χ4v) is 4.23. The molecule has 2 aliphatic rings. The van der Waals surface area contributed by atoms with Crippen LogP contribution in [0, 0.1) is 11.7 Å². The first-order valence-corrected chi connectivity index (χ1v) is 10.9. The number of piperidine rings is 1. The van der Waals surface area contributed by atoms with Crippen LogP contribution in [-0.4, -0.2) is 63.7 Å². The van der Waals surface area contributed by atoms with Gasteiger partial charge in [-0.1, -0.05) is 0 Å². The van der Waals surface area contributed by atoms with Crippen LogP contribution in [-0.2, 0) is 16.0 Å². The number of carbonyl (C=O) groups is 3. The van der Waals surface area contributed by atoms with Crippen LogP contribution in [0.4, 0.5) is 10.1 Å². The Kier molecular flexibility index (Phi) is 6.72. The Morgan fingerprint density at radius 3 is 2.56 bits per heavy atom. The van der Waals surface area contributed by atoms with E-state index in [9.17, 15) is 18.8 Å². The minimum atomic E-state index is -0.372. The van der Waals surface area contributed by atoms with Crippen LogP contribution >= 0.6 is 0 Å². The molecule has 2 aromatic rings. The Bertz CT molecular complexity index is 989. The summed E-state index contributed by atoms with van der Waals surface area (Å²) in [5.74, 6) is -0.359. The second-order valence-electron chi connectivity index (χ2n) is 8.29. The van der Waals surface area contributed by atoms with Gasteiger partial charge in [0.2, 0.25) is 11.8 Å². The lowest BCUT2D eigenvalue weighted by Crippen LogP contribution is -2.44. The van der Waals surface area contributed by atoms with Gasteiger partial charge in [0.1, 0.15) is 12.1 Å². The average molecular weight is 439 g/mol. The molecule has 2 aliphatic heterocycles. The van der Waals surface area contributed by atoms with Crippen LogP contribution < -0.4 is 5.32 Å². The van der Waals surface area contributed by atoms with Crippen molar-refractivity contribution in [2.24, 2.45) is 5.92 Å². The zero-order valence-electron chi connectivity index (χ0n) is 17.8. The van der Waals surface area contributed by atoms with Crippen LogP contribution in [0.5, 0.6) is 0 Å². The van der Waals surface area contributed by atoms with Crippen LogP contribution in [0.25, 0.3) is 0 Å². The third kappa shape index (κ3) is 5.27. The number of nitrogens with one attached hydrogen (secondary N) is 1. The number of hydrogen-bond donors (Lipinski definition) is 1. The van der Waals surface area contributed by atoms with Crippen molar-refractivity contribution in [1.29, 1.82) is 0 Å². The molecule has 1 aromatic carbocycles. The third-order valence-electron chi connectivity index (χ3n) is 6.09. The molecule has 32 heavy (non-hydrogen) atoms. The van der Waals surface area contributed by atoms with Gasteiger partial charge in [-0.15, -0.1) is 0 Å². The summed E-state index contributed by atoms with van der Waals surface area (Å²) in [4.78, 5) is 48.8. The molecule has 0 bridgehead atoms. The number of nitrogens with zero attached hydrogens (tertiary/aromatic N) is 4. The molecular formula is C23H26FN5O3. The molecule has 2 fully saturated rings. The van der Waals surface area contributed by atoms with E-state index in [-0.39, 0.29) is 30.1 Å². The summed E-state index contributed by atoms with van der Waals surface area (Å²) in [7, 11) is 0. The number of likely N-dealkylation sites (tertiary alicyclic amines) is 2. The van der Waals surface area contributed by atoms with Gasteiger partial charge in [0.15, 0.2) is 0 Å². The molecule has 2 saturated heterocycles. The second kappa shape index (κ2) is 9.84. The van der Waals surface area contributed by atoms with Crippen molar-refractivity contribution in [3.63, 3.8) is 0 Å². The highest BCUT2D eigenvalue weighted by molar-refractivity contribution is 6.04. The van der Waals surface area contributed by atoms with E-state index < -0.39 is 0 Å². The first-order chi connectivity index (χ1) is 15.5. The van der Waals surface area contributed by atoms with Gasteiger partial charge >= 0.3 is 0 Å². The molecule has 8 nitrogen and oxygen atoms in total. The number of rotatable bonds is 6. The van der Waals surface area contributed by atoms with Crippen LogP contribution in [0.1, 0.15) is 41.7 Å². The van der Waals surface area contributed by atoms with E-state index in [1.54, 1.807) is 4.90 Å². The monoisotopic (exact) mass is 439 g/mol. The molecule has 0 saturated carbocycles. The molecule has 0 unspecified atom stereocenters. The van der Waals surface area contributed by atoms with Gasteiger partial charge in [-0.25, -0.2) is 14.4 Å². The van der Waals surface area contributed by atoms with Gasteiger partial charge in [0.05, 0.1) is 17.8 Å². The standard InChI is InChI=1S/C23H26FN5O3/c24-17-3-5-18(6-4-17)27-23(32)19-13-25-15-26-20(19)12-16-7-10-28(11-8-16)22(31)14-29-9-1-2-21(29)30/h3-6,13,15-16H,1-2,7-12,14H2,(H,27,32). The molecule has 1 aromatic heterocycles. The SMILES string of the molecule is O=C(Nc1ccc(F)cc1)c1cncnc1CC1CCN(C(=O)CN2CCCC2=O)CC1. The van der Waals surface area contributed by atoms with Gasteiger partial charge in [-0.3, -0.25) is 14.4 Å². The van der Waals surface area contributed by atoms with E-state index in [1.165, 1.54) is 36.8 Å². The largest absolute Gasteiger partial charge is 0.341 e.